The van der Waals surface area contributed by atoms with Crippen LogP contribution in [0.3, 0.4) is 0 Å². The topological polar surface area (TPSA) is 76.4 Å². The predicted octanol–water partition coefficient (Wildman–Crippen LogP) is 2.45. The van der Waals surface area contributed by atoms with Crippen LogP contribution in [0.15, 0.2) is 0 Å². The predicted molar refractivity (Wildman–Crippen MR) is 67.6 cm³/mol. The number of carbonyl (C=O) groups is 2. The lowest BCUT2D eigenvalue weighted by Gasteiger charge is -2.00. The van der Waals surface area contributed by atoms with Crippen molar-refractivity contribution in [2.24, 2.45) is 5.92 Å². The van der Waals surface area contributed by atoms with Crippen LogP contribution in [-0.2, 0) is 19.1 Å². The van der Waals surface area contributed by atoms with E-state index >= 15 is 0 Å². The average molecular weight is 257 g/mol. The van der Waals surface area contributed by atoms with Gasteiger partial charge < -0.3 is 9.47 Å². The van der Waals surface area contributed by atoms with E-state index in [9.17, 15) is 9.59 Å². The van der Waals surface area contributed by atoms with Gasteiger partial charge in [-0.2, -0.15) is 5.26 Å². The van der Waals surface area contributed by atoms with Gasteiger partial charge in [-0.05, 0) is 26.2 Å². The number of hydrogen-bond donors (Lipinski definition) is 0. The molecule has 0 aromatic rings. The molecule has 0 aromatic carbocycles. The maximum atomic E-state index is 10.6. The molecule has 0 saturated heterocycles. The molecule has 0 aliphatic carbocycles. The molecule has 0 fully saturated rings. The van der Waals surface area contributed by atoms with E-state index in [1.807, 2.05) is 0 Å². The second kappa shape index (κ2) is 13.5. The molecule has 0 saturated carbocycles. The van der Waals surface area contributed by atoms with Crippen LogP contribution in [-0.4, -0.2) is 25.2 Å². The Morgan fingerprint density at radius 3 is 1.78 bits per heavy atom. The van der Waals surface area contributed by atoms with E-state index in [0.29, 0.717) is 12.3 Å². The summed E-state index contributed by atoms with van der Waals surface area (Å²) >= 11 is 0. The van der Waals surface area contributed by atoms with Gasteiger partial charge in [-0.25, -0.2) is 0 Å². The molecule has 0 aromatic heterocycles. The summed E-state index contributed by atoms with van der Waals surface area (Å²) in [5, 5.41) is 8.07. The first-order chi connectivity index (χ1) is 8.47. The summed E-state index contributed by atoms with van der Waals surface area (Å²) in [5.74, 6) is -0.392. The van der Waals surface area contributed by atoms with Crippen LogP contribution < -0.4 is 0 Å². The van der Waals surface area contributed by atoms with Crippen LogP contribution in [0.25, 0.3) is 0 Å². The summed E-state index contributed by atoms with van der Waals surface area (Å²) in [6.07, 6.45) is 1.45. The van der Waals surface area contributed by atoms with Crippen molar-refractivity contribution < 1.29 is 19.1 Å². The Hall–Kier alpha value is -1.57. The number of nitriles is 1. The summed E-state index contributed by atoms with van der Waals surface area (Å²) < 4.78 is 9.04. The molecule has 0 atom stereocenters. The minimum Gasteiger partial charge on any atom is -0.466 e. The van der Waals surface area contributed by atoms with Crippen molar-refractivity contribution in [3.8, 4) is 6.07 Å². The van der Waals surface area contributed by atoms with Gasteiger partial charge in [0.1, 0.15) is 6.42 Å². The summed E-state index contributed by atoms with van der Waals surface area (Å²) in [6, 6.07) is 2.10. The summed E-state index contributed by atoms with van der Waals surface area (Å²) in [6.45, 7) is 8.19. The van der Waals surface area contributed by atoms with E-state index in [2.05, 4.69) is 29.4 Å². The van der Waals surface area contributed by atoms with Crippen molar-refractivity contribution in [3.05, 3.63) is 0 Å². The minimum atomic E-state index is -0.536. The lowest BCUT2D eigenvalue weighted by atomic mass is 10.1. The maximum Gasteiger partial charge on any atom is 0.317 e. The van der Waals surface area contributed by atoms with E-state index in [1.54, 1.807) is 13.8 Å². The van der Waals surface area contributed by atoms with Gasteiger partial charge in [-0.3, -0.25) is 9.59 Å². The summed E-state index contributed by atoms with van der Waals surface area (Å²) in [5.41, 5.74) is 0. The third-order valence-corrected chi connectivity index (χ3v) is 1.73. The fourth-order valence-electron chi connectivity index (χ4n) is 0.895. The molecule has 0 N–H and O–H groups in total. The zero-order chi connectivity index (χ0) is 14.4. The second-order valence-corrected chi connectivity index (χ2v) is 3.88. The SMILES string of the molecule is CC(C)CCC#N.CCOC(=O)CC(=O)OCC. The zero-order valence-electron chi connectivity index (χ0n) is 11.7. The second-order valence-electron chi connectivity index (χ2n) is 3.88. The number of nitrogens with zero attached hydrogens (tertiary/aromatic N) is 1. The van der Waals surface area contributed by atoms with Crippen molar-refractivity contribution in [1.82, 2.24) is 0 Å². The Labute approximate surface area is 109 Å². The van der Waals surface area contributed by atoms with Gasteiger partial charge in [0.25, 0.3) is 0 Å². The zero-order valence-corrected chi connectivity index (χ0v) is 11.7. The smallest absolute Gasteiger partial charge is 0.317 e. The molecule has 0 spiro atoms. The van der Waals surface area contributed by atoms with E-state index in [-0.39, 0.29) is 19.6 Å². The largest absolute Gasteiger partial charge is 0.466 e. The lowest BCUT2D eigenvalue weighted by Crippen LogP contribution is -2.13. The number of hydrogen-bond acceptors (Lipinski definition) is 5. The van der Waals surface area contributed by atoms with Gasteiger partial charge in [-0.15, -0.1) is 0 Å². The Morgan fingerprint density at radius 1 is 1.11 bits per heavy atom. The molecule has 0 aliphatic rings. The van der Waals surface area contributed by atoms with E-state index in [0.717, 1.165) is 6.42 Å². The highest BCUT2D eigenvalue weighted by atomic mass is 16.5. The number of ether oxygens (including phenoxy) is 2. The third kappa shape index (κ3) is 16.8. The molecular weight excluding hydrogens is 234 g/mol. The maximum absolute atomic E-state index is 10.6. The summed E-state index contributed by atoms with van der Waals surface area (Å²) in [4.78, 5) is 21.2. The molecule has 5 nitrogen and oxygen atoms in total. The molecule has 18 heavy (non-hydrogen) atoms. The van der Waals surface area contributed by atoms with Crippen molar-refractivity contribution in [2.45, 2.75) is 47.0 Å². The Bertz CT molecular complexity index is 253. The van der Waals surface area contributed by atoms with Gasteiger partial charge in [0.15, 0.2) is 0 Å². The fourth-order valence-corrected chi connectivity index (χ4v) is 0.895. The number of esters is 2. The van der Waals surface area contributed by atoms with Crippen molar-refractivity contribution in [1.29, 1.82) is 5.26 Å². The van der Waals surface area contributed by atoms with Crippen LogP contribution in [0.1, 0.15) is 47.0 Å². The third-order valence-electron chi connectivity index (χ3n) is 1.73. The van der Waals surface area contributed by atoms with E-state index in [1.165, 1.54) is 0 Å². The molecule has 5 heteroatoms. The van der Waals surface area contributed by atoms with Gasteiger partial charge >= 0.3 is 11.9 Å². The van der Waals surface area contributed by atoms with Crippen LogP contribution in [0, 0.1) is 17.2 Å². The van der Waals surface area contributed by atoms with E-state index in [4.69, 9.17) is 5.26 Å². The van der Waals surface area contributed by atoms with Crippen molar-refractivity contribution in [3.63, 3.8) is 0 Å². The Balaban J connectivity index is 0. The molecule has 0 unspecified atom stereocenters. The Kier molecular flexibility index (Phi) is 14.1. The van der Waals surface area contributed by atoms with Crippen molar-refractivity contribution >= 4 is 11.9 Å². The Morgan fingerprint density at radius 2 is 1.56 bits per heavy atom. The minimum absolute atomic E-state index is 0.290. The van der Waals surface area contributed by atoms with Gasteiger partial charge in [0, 0.05) is 6.42 Å². The monoisotopic (exact) mass is 257 g/mol. The van der Waals surface area contributed by atoms with Crippen molar-refractivity contribution in [2.75, 3.05) is 13.2 Å². The fraction of sp³-hybridized carbons (Fsp3) is 0.769. The lowest BCUT2D eigenvalue weighted by molar-refractivity contribution is -0.153. The first kappa shape index (κ1) is 18.8. The molecule has 104 valence electrons. The molecule has 0 rings (SSSR count). The van der Waals surface area contributed by atoms with E-state index < -0.39 is 11.9 Å². The highest BCUT2D eigenvalue weighted by Gasteiger charge is 2.09. The summed E-state index contributed by atoms with van der Waals surface area (Å²) in [7, 11) is 0. The average Bonchev–Trinajstić information content (AvgIpc) is 2.27. The molecule has 0 aliphatic heterocycles. The van der Waals surface area contributed by atoms with Gasteiger partial charge in [-0.1, -0.05) is 13.8 Å². The van der Waals surface area contributed by atoms with Gasteiger partial charge in [0.05, 0.1) is 19.3 Å². The normalized spacial score (nSPS) is 8.89. The highest BCUT2D eigenvalue weighted by Crippen LogP contribution is 2.00. The van der Waals surface area contributed by atoms with Crippen LogP contribution >= 0.6 is 0 Å². The standard InChI is InChI=1S/C7H12O4.C6H11N/c1-3-10-6(8)5-7(9)11-4-2;1-6(2)4-3-5-7/h3-5H2,1-2H3;6H,3-4H2,1-2H3. The van der Waals surface area contributed by atoms with Crippen LogP contribution in [0.4, 0.5) is 0 Å². The van der Waals surface area contributed by atoms with Crippen LogP contribution in [0.5, 0.6) is 0 Å². The van der Waals surface area contributed by atoms with Gasteiger partial charge in [0.2, 0.25) is 0 Å². The number of carbonyl (C=O) groups excluding carboxylic acids is 2. The van der Waals surface area contributed by atoms with Crippen LogP contribution in [0.2, 0.25) is 0 Å². The first-order valence-electron chi connectivity index (χ1n) is 6.16. The quantitative estimate of drug-likeness (QED) is 0.539. The number of rotatable bonds is 6. The highest BCUT2D eigenvalue weighted by molar-refractivity contribution is 5.91. The first-order valence-corrected chi connectivity index (χ1v) is 6.16. The molecule has 0 bridgehead atoms. The molecule has 0 radical (unpaired) electrons. The molecule has 0 amide bonds. The molecule has 0 heterocycles. The molecular formula is C13H23NO4.